The molecular formula is C18H20FN3O3S. The molecule has 0 bridgehead atoms. The van der Waals surface area contributed by atoms with Crippen LogP contribution in [0.2, 0.25) is 0 Å². The van der Waals surface area contributed by atoms with Gasteiger partial charge in [0, 0.05) is 12.6 Å². The highest BCUT2D eigenvalue weighted by Gasteiger charge is 2.45. The smallest absolute Gasteiger partial charge is 0.240 e. The van der Waals surface area contributed by atoms with Crippen LogP contribution >= 0.6 is 0 Å². The fourth-order valence-corrected chi connectivity index (χ4v) is 4.33. The predicted octanol–water partition coefficient (Wildman–Crippen LogP) is 1.83. The molecule has 0 spiro atoms. The number of guanidine groups is 1. The maximum absolute atomic E-state index is 14.5. The monoisotopic (exact) mass is 377 g/mol. The molecule has 0 radical (unpaired) electrons. The summed E-state index contributed by atoms with van der Waals surface area (Å²) in [6.45, 7) is 0.138. The molecule has 138 valence electrons. The number of hydrogen-bond acceptors (Lipinski definition) is 5. The molecule has 8 heteroatoms. The predicted molar refractivity (Wildman–Crippen MR) is 97.3 cm³/mol. The van der Waals surface area contributed by atoms with Crippen LogP contribution < -0.4 is 5.73 Å². The van der Waals surface area contributed by atoms with Crippen molar-refractivity contribution in [3.8, 4) is 0 Å². The minimum absolute atomic E-state index is 0.114. The summed E-state index contributed by atoms with van der Waals surface area (Å²) in [6.07, 6.45) is 0. The van der Waals surface area contributed by atoms with Crippen LogP contribution in [0.1, 0.15) is 11.1 Å². The van der Waals surface area contributed by atoms with Gasteiger partial charge >= 0.3 is 0 Å². The van der Waals surface area contributed by atoms with Crippen molar-refractivity contribution in [2.75, 3.05) is 19.4 Å². The topological polar surface area (TPSA) is 85.0 Å². The number of ether oxygens (including phenoxy) is 1. The van der Waals surface area contributed by atoms with Crippen LogP contribution in [-0.2, 0) is 26.9 Å². The molecule has 2 N–H and O–H groups in total. The van der Waals surface area contributed by atoms with Gasteiger partial charge in [-0.05, 0) is 11.6 Å². The number of nitrogens with two attached hydrogens (primary N) is 1. The van der Waals surface area contributed by atoms with Crippen LogP contribution in [0.15, 0.2) is 59.6 Å². The summed E-state index contributed by atoms with van der Waals surface area (Å²) in [5.74, 6) is -1.16. The number of aliphatic imine (C=N–C) groups is 1. The zero-order valence-electron chi connectivity index (χ0n) is 14.3. The third-order valence-corrected chi connectivity index (χ3v) is 6.18. The summed E-state index contributed by atoms with van der Waals surface area (Å²) >= 11 is 0. The van der Waals surface area contributed by atoms with Crippen LogP contribution in [-0.4, -0.2) is 38.1 Å². The first-order valence-corrected chi connectivity index (χ1v) is 9.64. The quantitative estimate of drug-likeness (QED) is 0.861. The fourth-order valence-electron chi connectivity index (χ4n) is 2.90. The minimum Gasteiger partial charge on any atom is -0.374 e. The van der Waals surface area contributed by atoms with Crippen molar-refractivity contribution in [2.45, 2.75) is 12.1 Å². The number of hydrogen-bond donors (Lipinski definition) is 1. The number of nitrogens with zero attached hydrogens (tertiary/aromatic N) is 2. The van der Waals surface area contributed by atoms with Gasteiger partial charge in [0.2, 0.25) is 16.0 Å². The summed E-state index contributed by atoms with van der Waals surface area (Å²) in [4.78, 5) is 4.33. The van der Waals surface area contributed by atoms with Gasteiger partial charge in [0.25, 0.3) is 0 Å². The lowest BCUT2D eigenvalue weighted by atomic mass is 9.92. The van der Waals surface area contributed by atoms with E-state index in [0.717, 1.165) is 9.87 Å². The zero-order chi connectivity index (χ0) is 18.8. The lowest BCUT2D eigenvalue weighted by Gasteiger charge is -2.37. The van der Waals surface area contributed by atoms with Crippen molar-refractivity contribution in [2.24, 2.45) is 10.7 Å². The van der Waals surface area contributed by atoms with E-state index in [1.807, 2.05) is 30.3 Å². The van der Waals surface area contributed by atoms with Gasteiger partial charge in [0.05, 0.1) is 13.2 Å². The van der Waals surface area contributed by atoms with Gasteiger partial charge < -0.3 is 10.5 Å². The Kier molecular flexibility index (Phi) is 4.97. The number of halogens is 1. The van der Waals surface area contributed by atoms with E-state index < -0.39 is 27.1 Å². The third kappa shape index (κ3) is 3.56. The molecule has 3 rings (SSSR count). The molecule has 0 fully saturated rings. The third-order valence-electron chi connectivity index (χ3n) is 4.32. The Balaban J connectivity index is 1.97. The second kappa shape index (κ2) is 7.05. The van der Waals surface area contributed by atoms with Crippen molar-refractivity contribution in [3.63, 3.8) is 0 Å². The van der Waals surface area contributed by atoms with Crippen molar-refractivity contribution < 1.29 is 17.5 Å². The second-order valence-corrected chi connectivity index (χ2v) is 8.18. The molecule has 2 aromatic carbocycles. The molecule has 2 aromatic rings. The Morgan fingerprint density at radius 3 is 2.50 bits per heavy atom. The molecular weight excluding hydrogens is 357 g/mol. The van der Waals surface area contributed by atoms with Crippen molar-refractivity contribution in [1.29, 1.82) is 0 Å². The molecule has 26 heavy (non-hydrogen) atoms. The number of sulfonamides is 1. The first-order chi connectivity index (χ1) is 12.3. The van der Waals surface area contributed by atoms with Crippen molar-refractivity contribution in [1.82, 2.24) is 4.31 Å². The summed E-state index contributed by atoms with van der Waals surface area (Å²) in [5.41, 5.74) is 5.45. The maximum Gasteiger partial charge on any atom is 0.240 e. The Bertz CT molecular complexity index is 918. The Hall–Kier alpha value is -2.45. The van der Waals surface area contributed by atoms with Crippen LogP contribution in [0.25, 0.3) is 0 Å². The molecule has 0 aromatic heterocycles. The van der Waals surface area contributed by atoms with Gasteiger partial charge in [-0.25, -0.2) is 22.1 Å². The number of benzene rings is 2. The summed E-state index contributed by atoms with van der Waals surface area (Å²) in [6, 6.07) is 15.4. The minimum atomic E-state index is -3.75. The van der Waals surface area contributed by atoms with Crippen LogP contribution in [0.4, 0.5) is 4.39 Å². The average molecular weight is 377 g/mol. The first-order valence-electron chi connectivity index (χ1n) is 8.03. The summed E-state index contributed by atoms with van der Waals surface area (Å²) < 4.78 is 46.1. The molecule has 0 amide bonds. The lowest BCUT2D eigenvalue weighted by molar-refractivity contribution is 0.0776. The van der Waals surface area contributed by atoms with Gasteiger partial charge in [0.1, 0.15) is 17.1 Å². The summed E-state index contributed by atoms with van der Waals surface area (Å²) in [5, 5.41) is 0. The SMILES string of the molecule is CN1C(N)=N[C@@](COCc2ccccc2)(c2ccccc2F)CS1(=O)=O. The molecule has 1 atom stereocenters. The molecule has 0 aliphatic carbocycles. The van der Waals surface area contributed by atoms with Gasteiger partial charge in [0.15, 0.2) is 0 Å². The Morgan fingerprint density at radius 1 is 1.19 bits per heavy atom. The highest BCUT2D eigenvalue weighted by atomic mass is 32.2. The lowest BCUT2D eigenvalue weighted by Crippen LogP contribution is -2.53. The largest absolute Gasteiger partial charge is 0.374 e. The van der Waals surface area contributed by atoms with E-state index in [1.54, 1.807) is 6.07 Å². The highest BCUT2D eigenvalue weighted by Crippen LogP contribution is 2.34. The van der Waals surface area contributed by atoms with E-state index in [9.17, 15) is 12.8 Å². The van der Waals surface area contributed by atoms with Crippen LogP contribution in [0.5, 0.6) is 0 Å². The molecule has 0 saturated heterocycles. The Labute approximate surface area is 152 Å². The second-order valence-electron chi connectivity index (χ2n) is 6.18. The van der Waals surface area contributed by atoms with Gasteiger partial charge in [-0.2, -0.15) is 0 Å². The van der Waals surface area contributed by atoms with E-state index >= 15 is 0 Å². The fraction of sp³-hybridized carbons (Fsp3) is 0.278. The normalized spacial score (nSPS) is 22.1. The van der Waals surface area contributed by atoms with Crippen molar-refractivity contribution in [3.05, 3.63) is 71.5 Å². The molecule has 0 saturated carbocycles. The molecule has 1 aliphatic rings. The molecule has 6 nitrogen and oxygen atoms in total. The highest BCUT2D eigenvalue weighted by molar-refractivity contribution is 7.89. The van der Waals surface area contributed by atoms with Gasteiger partial charge in [-0.15, -0.1) is 0 Å². The molecule has 0 unspecified atom stereocenters. The molecule has 1 heterocycles. The van der Waals surface area contributed by atoms with E-state index in [-0.39, 0.29) is 24.7 Å². The van der Waals surface area contributed by atoms with E-state index in [1.165, 1.54) is 25.2 Å². The Morgan fingerprint density at radius 2 is 1.85 bits per heavy atom. The zero-order valence-corrected chi connectivity index (χ0v) is 15.1. The van der Waals surface area contributed by atoms with Gasteiger partial charge in [-0.3, -0.25) is 0 Å². The van der Waals surface area contributed by atoms with Crippen LogP contribution in [0.3, 0.4) is 0 Å². The van der Waals surface area contributed by atoms with E-state index in [0.29, 0.717) is 0 Å². The van der Waals surface area contributed by atoms with Crippen molar-refractivity contribution >= 4 is 16.0 Å². The van der Waals surface area contributed by atoms with Gasteiger partial charge in [-0.1, -0.05) is 48.5 Å². The maximum atomic E-state index is 14.5. The van der Waals surface area contributed by atoms with E-state index in [2.05, 4.69) is 4.99 Å². The average Bonchev–Trinajstić information content (AvgIpc) is 2.61. The summed E-state index contributed by atoms with van der Waals surface area (Å²) in [7, 11) is -2.42. The molecule has 1 aliphatic heterocycles. The standard InChI is InChI=1S/C18H20FN3O3S/c1-22-17(20)21-18(13-26(22,23)24,15-9-5-6-10-16(15)19)12-25-11-14-7-3-2-4-8-14/h2-10H,11-13H2,1H3,(H2,20,21)/t18-/m1/s1. The number of rotatable bonds is 5. The van der Waals surface area contributed by atoms with Crippen LogP contribution in [0, 0.1) is 5.82 Å². The first kappa shape index (κ1) is 18.3. The van der Waals surface area contributed by atoms with E-state index in [4.69, 9.17) is 10.5 Å².